The van der Waals surface area contributed by atoms with Gasteiger partial charge in [0.25, 0.3) is 0 Å². The smallest absolute Gasteiger partial charge is 0.229 e. The van der Waals surface area contributed by atoms with E-state index in [2.05, 4.69) is 12.2 Å². The molecule has 0 aliphatic carbocycles. The van der Waals surface area contributed by atoms with Crippen molar-refractivity contribution in [1.82, 2.24) is 10.2 Å². The van der Waals surface area contributed by atoms with Crippen LogP contribution in [-0.2, 0) is 33.3 Å². The lowest BCUT2D eigenvalue weighted by molar-refractivity contribution is -0.138. The summed E-state index contributed by atoms with van der Waals surface area (Å²) in [4.78, 5) is 35.7. The molecule has 0 unspecified atom stereocenters. The van der Waals surface area contributed by atoms with E-state index < -0.39 is 0 Å². The van der Waals surface area contributed by atoms with Crippen molar-refractivity contribution in [2.75, 3.05) is 65.9 Å². The van der Waals surface area contributed by atoms with Crippen molar-refractivity contribution in [2.45, 2.75) is 32.6 Å². The molecule has 1 aliphatic rings. The summed E-state index contributed by atoms with van der Waals surface area (Å²) in [5, 5.41) is 2.69. The fourth-order valence-corrected chi connectivity index (χ4v) is 2.34. The molecule has 1 aliphatic heterocycles. The number of carbonyl (C=O) groups is 3. The molecule has 0 spiro atoms. The Kier molecular flexibility index (Phi) is 13.5. The second-order valence-corrected chi connectivity index (χ2v) is 5.99. The van der Waals surface area contributed by atoms with Crippen LogP contribution in [0.5, 0.6) is 0 Å². The van der Waals surface area contributed by atoms with Crippen LogP contribution in [0.4, 0.5) is 0 Å². The van der Waals surface area contributed by atoms with Gasteiger partial charge >= 0.3 is 0 Å². The molecular formula is C18H32N2O7. The number of amides is 3. The van der Waals surface area contributed by atoms with E-state index in [-0.39, 0.29) is 43.5 Å². The number of rotatable bonds is 17. The van der Waals surface area contributed by atoms with Gasteiger partial charge in [-0.3, -0.25) is 19.3 Å². The van der Waals surface area contributed by atoms with Gasteiger partial charge in [-0.15, -0.1) is 0 Å². The van der Waals surface area contributed by atoms with Crippen LogP contribution in [0.15, 0.2) is 0 Å². The van der Waals surface area contributed by atoms with Crippen molar-refractivity contribution in [2.24, 2.45) is 0 Å². The molecule has 1 saturated heterocycles. The third-order valence-electron chi connectivity index (χ3n) is 3.75. The minimum absolute atomic E-state index is 0.115. The lowest BCUT2D eigenvalue weighted by atomic mass is 10.3. The van der Waals surface area contributed by atoms with Crippen molar-refractivity contribution >= 4 is 17.7 Å². The summed E-state index contributed by atoms with van der Waals surface area (Å²) < 4.78 is 21.3. The molecule has 1 heterocycles. The van der Waals surface area contributed by atoms with Gasteiger partial charge in [0.15, 0.2) is 0 Å². The van der Waals surface area contributed by atoms with E-state index in [1.54, 1.807) is 0 Å². The number of nitrogens with zero attached hydrogens (tertiary/aromatic N) is 1. The van der Waals surface area contributed by atoms with Crippen molar-refractivity contribution in [3.05, 3.63) is 0 Å². The first kappa shape index (κ1) is 23.5. The van der Waals surface area contributed by atoms with E-state index in [0.29, 0.717) is 52.8 Å². The van der Waals surface area contributed by atoms with Crippen LogP contribution in [-0.4, -0.2) is 88.6 Å². The maximum absolute atomic E-state index is 11.7. The van der Waals surface area contributed by atoms with Gasteiger partial charge in [-0.1, -0.05) is 6.92 Å². The van der Waals surface area contributed by atoms with Crippen LogP contribution < -0.4 is 5.32 Å². The molecule has 156 valence electrons. The summed E-state index contributed by atoms with van der Waals surface area (Å²) in [6.07, 6.45) is 1.61. The first-order chi connectivity index (χ1) is 13.1. The molecule has 3 amide bonds. The van der Waals surface area contributed by atoms with Gasteiger partial charge in [-0.05, 0) is 6.42 Å². The topological polar surface area (TPSA) is 103 Å². The lowest BCUT2D eigenvalue weighted by Gasteiger charge is -2.13. The molecule has 9 heteroatoms. The lowest BCUT2D eigenvalue weighted by Crippen LogP contribution is -2.35. The molecule has 1 rings (SSSR count). The maximum atomic E-state index is 11.7. The van der Waals surface area contributed by atoms with Crippen molar-refractivity contribution in [3.63, 3.8) is 0 Å². The zero-order valence-corrected chi connectivity index (χ0v) is 16.2. The van der Waals surface area contributed by atoms with Crippen LogP contribution in [0.1, 0.15) is 32.6 Å². The number of carbonyl (C=O) groups excluding carboxylic acids is 3. The highest BCUT2D eigenvalue weighted by molar-refractivity contribution is 6.02. The average molecular weight is 388 g/mol. The Morgan fingerprint density at radius 2 is 1.33 bits per heavy atom. The zero-order chi connectivity index (χ0) is 19.7. The van der Waals surface area contributed by atoms with Gasteiger partial charge in [-0.25, -0.2) is 0 Å². The molecular weight excluding hydrogens is 356 g/mol. The molecule has 9 nitrogen and oxygen atoms in total. The van der Waals surface area contributed by atoms with Gasteiger partial charge in [0.2, 0.25) is 17.7 Å². The largest absolute Gasteiger partial charge is 0.379 e. The maximum Gasteiger partial charge on any atom is 0.229 e. The predicted octanol–water partition coefficient (Wildman–Crippen LogP) is 0.118. The standard InChI is InChI=1S/C18H32N2O7/c1-2-8-24-10-12-26-14-15-27-13-11-25-9-6-19-16(21)5-7-20-17(22)3-4-18(20)23/h2-15H2,1H3,(H,19,21). The molecule has 27 heavy (non-hydrogen) atoms. The van der Waals surface area contributed by atoms with E-state index in [9.17, 15) is 14.4 Å². The van der Waals surface area contributed by atoms with Crippen molar-refractivity contribution in [3.8, 4) is 0 Å². The van der Waals surface area contributed by atoms with Crippen molar-refractivity contribution < 1.29 is 33.3 Å². The van der Waals surface area contributed by atoms with Crippen LogP contribution in [0.2, 0.25) is 0 Å². The Balaban J connectivity index is 1.81. The first-order valence-electron chi connectivity index (χ1n) is 9.56. The second-order valence-electron chi connectivity index (χ2n) is 5.99. The molecule has 1 fully saturated rings. The van der Waals surface area contributed by atoms with Gasteiger partial charge < -0.3 is 24.3 Å². The van der Waals surface area contributed by atoms with E-state index in [1.165, 1.54) is 0 Å². The Morgan fingerprint density at radius 1 is 0.852 bits per heavy atom. The van der Waals surface area contributed by atoms with Crippen LogP contribution in [0.3, 0.4) is 0 Å². The summed E-state index contributed by atoms with van der Waals surface area (Å²) >= 11 is 0. The summed E-state index contributed by atoms with van der Waals surface area (Å²) in [6.45, 7) is 6.81. The number of ether oxygens (including phenoxy) is 4. The molecule has 0 aromatic rings. The Hall–Kier alpha value is -1.55. The Bertz CT molecular complexity index is 429. The van der Waals surface area contributed by atoms with Crippen molar-refractivity contribution in [1.29, 1.82) is 0 Å². The fourth-order valence-electron chi connectivity index (χ4n) is 2.34. The number of imide groups is 1. The number of hydrogen-bond acceptors (Lipinski definition) is 7. The second kappa shape index (κ2) is 15.5. The fraction of sp³-hybridized carbons (Fsp3) is 0.833. The highest BCUT2D eigenvalue weighted by atomic mass is 16.6. The molecule has 0 radical (unpaired) electrons. The van der Waals surface area contributed by atoms with E-state index in [0.717, 1.165) is 17.9 Å². The zero-order valence-electron chi connectivity index (χ0n) is 16.2. The number of likely N-dealkylation sites (tertiary alicyclic amines) is 1. The summed E-state index contributed by atoms with van der Waals surface area (Å²) in [7, 11) is 0. The number of nitrogens with one attached hydrogen (secondary N) is 1. The quantitative estimate of drug-likeness (QED) is 0.279. The van der Waals surface area contributed by atoms with Gasteiger partial charge in [0.05, 0.1) is 46.2 Å². The highest BCUT2D eigenvalue weighted by Gasteiger charge is 2.28. The highest BCUT2D eigenvalue weighted by Crippen LogP contribution is 2.11. The third-order valence-corrected chi connectivity index (χ3v) is 3.75. The normalized spacial score (nSPS) is 14.2. The molecule has 0 aromatic heterocycles. The van der Waals surface area contributed by atoms with E-state index >= 15 is 0 Å². The summed E-state index contributed by atoms with van der Waals surface area (Å²) in [5.74, 6) is -0.611. The van der Waals surface area contributed by atoms with Crippen LogP contribution in [0.25, 0.3) is 0 Å². The molecule has 0 atom stereocenters. The predicted molar refractivity (Wildman–Crippen MR) is 97.1 cm³/mol. The number of hydrogen-bond donors (Lipinski definition) is 1. The van der Waals surface area contributed by atoms with Crippen LogP contribution in [0, 0.1) is 0 Å². The average Bonchev–Trinajstić information content (AvgIpc) is 2.98. The molecule has 0 bridgehead atoms. The van der Waals surface area contributed by atoms with E-state index in [1.807, 2.05) is 0 Å². The monoisotopic (exact) mass is 388 g/mol. The first-order valence-corrected chi connectivity index (χ1v) is 9.56. The van der Waals surface area contributed by atoms with Gasteiger partial charge in [0, 0.05) is 39.0 Å². The van der Waals surface area contributed by atoms with Crippen LogP contribution >= 0.6 is 0 Å². The Morgan fingerprint density at radius 3 is 1.85 bits per heavy atom. The summed E-state index contributed by atoms with van der Waals surface area (Å²) in [5.41, 5.74) is 0. The molecule has 1 N–H and O–H groups in total. The van der Waals surface area contributed by atoms with Gasteiger partial charge in [0.1, 0.15) is 0 Å². The molecule has 0 saturated carbocycles. The summed E-state index contributed by atoms with van der Waals surface area (Å²) in [6, 6.07) is 0. The Labute approximate surface area is 160 Å². The van der Waals surface area contributed by atoms with E-state index in [4.69, 9.17) is 18.9 Å². The SMILES string of the molecule is CCCOCCOCCOCCOCCNC(=O)CCN1C(=O)CCC1=O. The van der Waals surface area contributed by atoms with Gasteiger partial charge in [-0.2, -0.15) is 0 Å². The molecule has 0 aromatic carbocycles. The minimum Gasteiger partial charge on any atom is -0.379 e. The minimum atomic E-state index is -0.206. The third kappa shape index (κ3) is 11.7.